The highest BCUT2D eigenvalue weighted by atomic mass is 32.2. The second kappa shape index (κ2) is 6.83. The lowest BCUT2D eigenvalue weighted by molar-refractivity contribution is -0.136. The van der Waals surface area contributed by atoms with Crippen molar-refractivity contribution in [3.05, 3.63) is 65.1 Å². The molecule has 1 atom stereocenters. The molecule has 1 aromatic heterocycles. The molecule has 4 rings (SSSR count). The molecule has 0 amide bonds. The van der Waals surface area contributed by atoms with Crippen molar-refractivity contribution in [2.45, 2.75) is 17.7 Å². The van der Waals surface area contributed by atoms with Gasteiger partial charge in [0.2, 0.25) is 0 Å². The number of hydrogen-bond acceptors (Lipinski definition) is 3. The first kappa shape index (κ1) is 17.8. The third-order valence-corrected chi connectivity index (χ3v) is 5.67. The van der Waals surface area contributed by atoms with E-state index >= 15 is 0 Å². The molecule has 2 aromatic carbocycles. The van der Waals surface area contributed by atoms with Gasteiger partial charge in [-0.2, -0.15) is 0 Å². The van der Waals surface area contributed by atoms with Gasteiger partial charge in [0.1, 0.15) is 17.9 Å². The van der Waals surface area contributed by atoms with Crippen molar-refractivity contribution in [1.82, 2.24) is 4.57 Å². The van der Waals surface area contributed by atoms with Crippen LogP contribution in [0.3, 0.4) is 0 Å². The first-order valence-corrected chi connectivity index (χ1v) is 10.0. The molecule has 3 aromatic rings. The van der Waals surface area contributed by atoms with Crippen molar-refractivity contribution < 1.29 is 18.8 Å². The van der Waals surface area contributed by atoms with Gasteiger partial charge in [0.25, 0.3) is 0 Å². The molecule has 138 valence electrons. The van der Waals surface area contributed by atoms with Gasteiger partial charge >= 0.3 is 5.97 Å². The number of aliphatic imine (C=N–C) groups is 1. The molecule has 1 unspecified atom stereocenters. The summed E-state index contributed by atoms with van der Waals surface area (Å²) >= 11 is -1.07. The molecule has 0 saturated carbocycles. The van der Waals surface area contributed by atoms with Crippen LogP contribution in [0.2, 0.25) is 0 Å². The minimum absolute atomic E-state index is 0.163. The summed E-state index contributed by atoms with van der Waals surface area (Å²) in [6.45, 7) is 0.530. The summed E-state index contributed by atoms with van der Waals surface area (Å²) in [7, 11) is 0. The van der Waals surface area contributed by atoms with Crippen LogP contribution in [0.1, 0.15) is 16.8 Å². The molecular formula is C20H17FN2O3S. The molecule has 0 spiro atoms. The number of aromatic nitrogens is 1. The summed E-state index contributed by atoms with van der Waals surface area (Å²) in [4.78, 5) is 16.7. The van der Waals surface area contributed by atoms with E-state index in [0.29, 0.717) is 29.8 Å². The quantitative estimate of drug-likeness (QED) is 0.703. The van der Waals surface area contributed by atoms with Crippen LogP contribution in [0.4, 0.5) is 4.39 Å². The predicted molar refractivity (Wildman–Crippen MR) is 103 cm³/mol. The molecule has 2 heterocycles. The monoisotopic (exact) mass is 384 g/mol. The van der Waals surface area contributed by atoms with Crippen LogP contribution >= 0.6 is 0 Å². The number of hydrogen-bond donors (Lipinski definition) is 1. The van der Waals surface area contributed by atoms with Gasteiger partial charge in [-0.3, -0.25) is 14.4 Å². The largest absolute Gasteiger partial charge is 0.612 e. The lowest BCUT2D eigenvalue weighted by Gasteiger charge is -2.19. The molecule has 0 bridgehead atoms. The zero-order valence-electron chi connectivity index (χ0n) is 14.6. The van der Waals surface area contributed by atoms with Crippen molar-refractivity contribution in [3.63, 3.8) is 0 Å². The summed E-state index contributed by atoms with van der Waals surface area (Å²) in [5.74, 6) is -0.656. The Bertz CT molecular complexity index is 1070. The molecular weight excluding hydrogens is 367 g/mol. The zero-order chi connectivity index (χ0) is 19.1. The van der Waals surface area contributed by atoms with Gasteiger partial charge in [0, 0.05) is 29.6 Å². The topological polar surface area (TPSA) is 77.7 Å². The lowest BCUT2D eigenvalue weighted by Crippen LogP contribution is -2.22. The number of rotatable bonds is 4. The number of fused-ring (bicyclic) bond motifs is 3. The molecule has 0 radical (unpaired) electrons. The molecule has 1 aliphatic rings. The number of carbonyl (C=O) groups is 1. The van der Waals surface area contributed by atoms with Gasteiger partial charge in [-0.1, -0.05) is 0 Å². The maximum absolute atomic E-state index is 13.8. The van der Waals surface area contributed by atoms with Gasteiger partial charge in [0.15, 0.2) is 4.90 Å². The van der Waals surface area contributed by atoms with Crippen LogP contribution in [0.15, 0.2) is 52.4 Å². The van der Waals surface area contributed by atoms with Crippen molar-refractivity contribution in [2.75, 3.05) is 12.8 Å². The van der Waals surface area contributed by atoms with E-state index in [1.165, 1.54) is 12.1 Å². The Kier molecular flexibility index (Phi) is 4.49. The molecule has 0 fully saturated rings. The number of halogens is 1. The van der Waals surface area contributed by atoms with Crippen LogP contribution in [0.25, 0.3) is 10.9 Å². The highest BCUT2D eigenvalue weighted by Crippen LogP contribution is 2.31. The Morgan fingerprint density at radius 2 is 2.04 bits per heavy atom. The average molecular weight is 384 g/mol. The third-order valence-electron chi connectivity index (χ3n) is 4.74. The maximum Gasteiger partial charge on any atom is 0.307 e. The maximum atomic E-state index is 13.8. The Labute approximate surface area is 158 Å². The van der Waals surface area contributed by atoms with E-state index in [0.717, 1.165) is 21.7 Å². The van der Waals surface area contributed by atoms with Gasteiger partial charge in [-0.15, -0.1) is 0 Å². The van der Waals surface area contributed by atoms with Crippen molar-refractivity contribution in [3.8, 4) is 0 Å². The normalized spacial score (nSPS) is 14.7. The molecule has 7 heteroatoms. The fraction of sp³-hybridized carbons (Fsp3) is 0.200. The smallest absolute Gasteiger partial charge is 0.307 e. The van der Waals surface area contributed by atoms with E-state index in [1.807, 2.05) is 16.7 Å². The second-order valence-corrected chi connectivity index (χ2v) is 7.81. The molecule has 0 saturated heterocycles. The number of benzene rings is 2. The van der Waals surface area contributed by atoms with Crippen LogP contribution in [-0.4, -0.2) is 38.8 Å². The lowest BCUT2D eigenvalue weighted by atomic mass is 10.1. The average Bonchev–Trinajstić information content (AvgIpc) is 2.94. The van der Waals surface area contributed by atoms with E-state index in [4.69, 9.17) is 0 Å². The molecule has 0 aliphatic carbocycles. The molecule has 27 heavy (non-hydrogen) atoms. The van der Waals surface area contributed by atoms with E-state index in [9.17, 15) is 18.8 Å². The van der Waals surface area contributed by atoms with Gasteiger partial charge < -0.3 is 9.66 Å². The second-order valence-electron chi connectivity index (χ2n) is 6.43. The van der Waals surface area contributed by atoms with Crippen LogP contribution in [0.5, 0.6) is 0 Å². The number of nitrogens with zero attached hydrogens (tertiary/aromatic N) is 2. The Morgan fingerprint density at radius 3 is 2.70 bits per heavy atom. The third kappa shape index (κ3) is 3.13. The predicted octanol–water partition coefficient (Wildman–Crippen LogP) is 3.00. The van der Waals surface area contributed by atoms with Crippen LogP contribution in [0, 0.1) is 5.82 Å². The summed E-state index contributed by atoms with van der Waals surface area (Å²) in [6.07, 6.45) is 2.06. The van der Waals surface area contributed by atoms with Crippen molar-refractivity contribution >= 4 is 33.9 Å². The Morgan fingerprint density at radius 1 is 1.30 bits per heavy atom. The summed E-state index contributed by atoms with van der Waals surface area (Å²) < 4.78 is 27.4. The minimum Gasteiger partial charge on any atom is -0.612 e. The molecule has 1 aliphatic heterocycles. The van der Waals surface area contributed by atoms with Gasteiger partial charge in [0.05, 0.1) is 11.9 Å². The van der Waals surface area contributed by atoms with Crippen LogP contribution < -0.4 is 0 Å². The highest BCUT2D eigenvalue weighted by molar-refractivity contribution is 7.90. The Hall–Kier alpha value is -2.64. The zero-order valence-corrected chi connectivity index (χ0v) is 15.4. The van der Waals surface area contributed by atoms with Crippen molar-refractivity contribution in [2.24, 2.45) is 4.99 Å². The standard InChI is InChI=1S/C20H17FN2O3S/c1-27(26)14-5-2-12(3-6-14)20-22-9-8-18-16(11-19(24)25)15-10-13(21)4-7-17(15)23(18)20/h2-7,10H,8-9,11H2,1H3,(H,24,25). The number of carboxylic acid groups (broad SMARTS) is 1. The van der Waals surface area contributed by atoms with E-state index in [1.54, 1.807) is 24.5 Å². The first-order valence-electron chi connectivity index (χ1n) is 8.48. The minimum atomic E-state index is -1.07. The van der Waals surface area contributed by atoms with Crippen molar-refractivity contribution in [1.29, 1.82) is 0 Å². The van der Waals surface area contributed by atoms with Gasteiger partial charge in [-0.05, 0) is 59.2 Å². The first-order chi connectivity index (χ1) is 13.0. The summed E-state index contributed by atoms with van der Waals surface area (Å²) in [5.41, 5.74) is 3.07. The Balaban J connectivity index is 1.91. The fourth-order valence-corrected chi connectivity index (χ4v) is 4.11. The fourth-order valence-electron chi connectivity index (χ4n) is 3.59. The number of carboxylic acids is 1. The molecule has 5 nitrogen and oxygen atoms in total. The summed E-state index contributed by atoms with van der Waals surface area (Å²) in [6, 6.07) is 11.7. The van der Waals surface area contributed by atoms with E-state index in [-0.39, 0.29) is 6.42 Å². The van der Waals surface area contributed by atoms with E-state index in [2.05, 4.69) is 4.99 Å². The van der Waals surface area contributed by atoms with Crippen LogP contribution in [-0.2, 0) is 28.8 Å². The SMILES string of the molecule is C[S+]([O-])c1ccc(C2=NCCc3c(CC(=O)O)c4cc(F)ccc4n32)cc1. The highest BCUT2D eigenvalue weighted by Gasteiger charge is 2.25. The summed E-state index contributed by atoms with van der Waals surface area (Å²) in [5, 5.41) is 9.92. The van der Waals surface area contributed by atoms with Gasteiger partial charge in [-0.25, -0.2) is 4.39 Å². The van der Waals surface area contributed by atoms with E-state index < -0.39 is 23.0 Å². The number of aliphatic carboxylic acids is 1. The molecule has 1 N–H and O–H groups in total.